The van der Waals surface area contributed by atoms with Gasteiger partial charge in [-0.3, -0.25) is 0 Å². The van der Waals surface area contributed by atoms with Crippen molar-refractivity contribution in [2.75, 3.05) is 21.1 Å². The molecule has 40 valence electrons. The Morgan fingerprint density at radius 1 is 1.17 bits per heavy atom. The fourth-order valence-electron chi connectivity index (χ4n) is 0. The number of rotatable bonds is 0. The van der Waals surface area contributed by atoms with Gasteiger partial charge in [0.05, 0.1) is 0 Å². The molecule has 0 aromatic heterocycles. The minimum atomic E-state index is 2.00. The molecular formula is C3H11NOS. The first-order chi connectivity index (χ1) is 2.73. The molecule has 0 radical (unpaired) electrons. The molecule has 0 unspecified atom stereocenters. The van der Waals surface area contributed by atoms with Crippen molar-refractivity contribution in [1.82, 2.24) is 4.90 Å². The molecular weight excluding hydrogens is 98.1 g/mol. The lowest BCUT2D eigenvalue weighted by atomic mass is 11.0. The molecule has 0 heterocycles. The molecule has 0 saturated carbocycles. The van der Waals surface area contributed by atoms with Crippen LogP contribution in [0.25, 0.3) is 0 Å². The average molecular weight is 109 g/mol. The number of thiol groups is 1. The van der Waals surface area contributed by atoms with E-state index in [1.165, 1.54) is 0 Å². The summed E-state index contributed by atoms with van der Waals surface area (Å²) in [6.45, 7) is 0. The summed E-state index contributed by atoms with van der Waals surface area (Å²) in [5.41, 5.74) is 0. The average Bonchev–Trinajstić information content (AvgIpc) is 1.41. The second-order valence-electron chi connectivity index (χ2n) is 1.34. The van der Waals surface area contributed by atoms with Crippen molar-refractivity contribution in [3.8, 4) is 0 Å². The molecule has 0 aliphatic carbocycles. The molecule has 0 aromatic carbocycles. The molecule has 0 rings (SSSR count). The van der Waals surface area contributed by atoms with E-state index >= 15 is 0 Å². The maximum absolute atomic E-state index is 6.69. The molecule has 0 aliphatic rings. The van der Waals surface area contributed by atoms with Gasteiger partial charge in [-0.2, -0.15) is 0 Å². The smallest absolute Gasteiger partial charge is 0.0140 e. The Balaban J connectivity index is 0. The van der Waals surface area contributed by atoms with Crippen LogP contribution in [0.3, 0.4) is 0 Å². The number of hydrogen-bond donors (Lipinski definition) is 2. The van der Waals surface area contributed by atoms with Crippen LogP contribution in [0.2, 0.25) is 0 Å². The van der Waals surface area contributed by atoms with Gasteiger partial charge in [0, 0.05) is 0 Å². The molecule has 0 bridgehead atoms. The van der Waals surface area contributed by atoms with Gasteiger partial charge in [0.1, 0.15) is 0 Å². The molecule has 0 amide bonds. The second-order valence-corrected chi connectivity index (χ2v) is 1.34. The van der Waals surface area contributed by atoms with E-state index in [0.717, 1.165) is 0 Å². The van der Waals surface area contributed by atoms with Gasteiger partial charge in [-0.25, -0.2) is 0 Å². The van der Waals surface area contributed by atoms with Gasteiger partial charge in [-0.05, 0) is 34.1 Å². The number of nitrogens with zero attached hydrogens (tertiary/aromatic N) is 1. The van der Waals surface area contributed by atoms with Gasteiger partial charge in [-0.1, -0.05) is 0 Å². The third kappa shape index (κ3) is 626. The molecule has 2 nitrogen and oxygen atoms in total. The fourth-order valence-corrected chi connectivity index (χ4v) is 0. The lowest BCUT2D eigenvalue weighted by Gasteiger charge is -1.90. The van der Waals surface area contributed by atoms with Gasteiger partial charge >= 0.3 is 0 Å². The van der Waals surface area contributed by atoms with E-state index in [1.54, 1.807) is 0 Å². The van der Waals surface area contributed by atoms with Crippen LogP contribution < -0.4 is 0 Å². The SMILES string of the molecule is CN(C)C.OS. The Labute approximate surface area is 44.4 Å². The maximum atomic E-state index is 6.69. The summed E-state index contributed by atoms with van der Waals surface area (Å²) in [7, 11) is 6.00. The molecule has 0 saturated heterocycles. The first kappa shape index (κ1) is 9.55. The van der Waals surface area contributed by atoms with Gasteiger partial charge in [0.2, 0.25) is 0 Å². The molecule has 3 heteroatoms. The number of hydrogen-bond acceptors (Lipinski definition) is 3. The van der Waals surface area contributed by atoms with Crippen molar-refractivity contribution in [2.24, 2.45) is 0 Å². The predicted octanol–water partition coefficient (Wildman–Crippen LogP) is 0.567. The molecule has 6 heavy (non-hydrogen) atoms. The zero-order chi connectivity index (χ0) is 5.58. The lowest BCUT2D eigenvalue weighted by Crippen LogP contribution is -1.99. The molecule has 1 N–H and O–H groups in total. The first-order valence-corrected chi connectivity index (χ1v) is 1.94. The van der Waals surface area contributed by atoms with Crippen molar-refractivity contribution in [2.45, 2.75) is 0 Å². The van der Waals surface area contributed by atoms with Crippen LogP contribution in [0.5, 0.6) is 0 Å². The van der Waals surface area contributed by atoms with Crippen molar-refractivity contribution >= 4 is 12.9 Å². The Hall–Kier alpha value is 0.270. The summed E-state index contributed by atoms with van der Waals surface area (Å²) in [6, 6.07) is 0. The van der Waals surface area contributed by atoms with Crippen molar-refractivity contribution < 1.29 is 4.55 Å². The molecule has 0 fully saturated rings. The van der Waals surface area contributed by atoms with Crippen LogP contribution >= 0.6 is 12.9 Å². The van der Waals surface area contributed by atoms with Crippen LogP contribution in [-0.4, -0.2) is 30.6 Å². The van der Waals surface area contributed by atoms with E-state index in [4.69, 9.17) is 4.55 Å². The van der Waals surface area contributed by atoms with Gasteiger partial charge in [-0.15, -0.1) is 0 Å². The Kier molecular flexibility index (Phi) is 14.3. The summed E-state index contributed by atoms with van der Waals surface area (Å²) in [6.07, 6.45) is 0. The Bertz CT molecular complexity index is 15.5. The van der Waals surface area contributed by atoms with E-state index in [2.05, 4.69) is 12.9 Å². The van der Waals surface area contributed by atoms with Crippen molar-refractivity contribution in [3.05, 3.63) is 0 Å². The largest absolute Gasteiger partial charge is 0.333 e. The molecule has 0 aliphatic heterocycles. The highest BCUT2D eigenvalue weighted by molar-refractivity contribution is 7.74. The van der Waals surface area contributed by atoms with Gasteiger partial charge < -0.3 is 9.45 Å². The quantitative estimate of drug-likeness (QED) is 0.351. The first-order valence-electron chi connectivity index (χ1n) is 1.54. The summed E-state index contributed by atoms with van der Waals surface area (Å²) >= 11 is 2.53. The van der Waals surface area contributed by atoms with Crippen molar-refractivity contribution in [1.29, 1.82) is 0 Å². The Morgan fingerprint density at radius 3 is 1.17 bits per heavy atom. The third-order valence-corrected chi connectivity index (χ3v) is 0. The maximum Gasteiger partial charge on any atom is -0.0140 e. The lowest BCUT2D eigenvalue weighted by molar-refractivity contribution is 0.505. The standard InChI is InChI=1S/C3H9N.H2OS/c1-4(2)3;1-2/h1-3H3;1-2H. The second kappa shape index (κ2) is 8.99. The summed E-state index contributed by atoms with van der Waals surface area (Å²) < 4.78 is 6.69. The van der Waals surface area contributed by atoms with Crippen molar-refractivity contribution in [3.63, 3.8) is 0 Å². The monoisotopic (exact) mass is 109 g/mol. The molecule has 0 spiro atoms. The third-order valence-electron chi connectivity index (χ3n) is 0. The van der Waals surface area contributed by atoms with Gasteiger partial charge in [0.25, 0.3) is 0 Å². The normalized spacial score (nSPS) is 7.00. The van der Waals surface area contributed by atoms with Crippen LogP contribution in [0.4, 0.5) is 0 Å². The summed E-state index contributed by atoms with van der Waals surface area (Å²) in [4.78, 5) is 2.00. The van der Waals surface area contributed by atoms with Crippen LogP contribution in [0.15, 0.2) is 0 Å². The summed E-state index contributed by atoms with van der Waals surface area (Å²) in [5, 5.41) is 0. The highest BCUT2D eigenvalue weighted by Gasteiger charge is 1.58. The van der Waals surface area contributed by atoms with E-state index in [-0.39, 0.29) is 0 Å². The van der Waals surface area contributed by atoms with Crippen LogP contribution in [0, 0.1) is 0 Å². The highest BCUT2D eigenvalue weighted by Crippen LogP contribution is 1.47. The highest BCUT2D eigenvalue weighted by atomic mass is 32.1. The van der Waals surface area contributed by atoms with Crippen LogP contribution in [0.1, 0.15) is 0 Å². The van der Waals surface area contributed by atoms with Crippen LogP contribution in [-0.2, 0) is 0 Å². The minimum absolute atomic E-state index is 2.00. The van der Waals surface area contributed by atoms with E-state index < -0.39 is 0 Å². The zero-order valence-corrected chi connectivity index (χ0v) is 5.24. The van der Waals surface area contributed by atoms with E-state index in [1.807, 2.05) is 26.0 Å². The molecule has 0 atom stereocenters. The summed E-state index contributed by atoms with van der Waals surface area (Å²) in [5.74, 6) is 0. The van der Waals surface area contributed by atoms with E-state index in [0.29, 0.717) is 0 Å². The molecule has 0 aromatic rings. The Morgan fingerprint density at radius 2 is 1.17 bits per heavy atom. The zero-order valence-electron chi connectivity index (χ0n) is 4.34. The topological polar surface area (TPSA) is 23.5 Å². The van der Waals surface area contributed by atoms with Gasteiger partial charge in [0.15, 0.2) is 0 Å². The minimum Gasteiger partial charge on any atom is -0.333 e. The van der Waals surface area contributed by atoms with E-state index in [9.17, 15) is 0 Å². The predicted molar refractivity (Wildman–Crippen MR) is 31.2 cm³/mol. The fraction of sp³-hybridized carbons (Fsp3) is 1.00.